The number of rotatable bonds is 4. The largest absolute Gasteiger partial charge is 0.496 e. The van der Waals surface area contributed by atoms with Crippen molar-refractivity contribution in [2.75, 3.05) is 13.7 Å². The van der Waals surface area contributed by atoms with Crippen LogP contribution in [0.2, 0.25) is 0 Å². The Morgan fingerprint density at radius 2 is 1.94 bits per heavy atom. The first-order valence-electron chi connectivity index (χ1n) is 5.16. The molecule has 4 heteroatoms. The summed E-state index contributed by atoms with van der Waals surface area (Å²) in [6.45, 7) is 3.46. The van der Waals surface area contributed by atoms with Crippen molar-refractivity contribution in [1.82, 2.24) is 0 Å². The lowest BCUT2D eigenvalue weighted by Gasteiger charge is -2.21. The van der Waals surface area contributed by atoms with Crippen LogP contribution in [-0.2, 0) is 5.92 Å². The zero-order valence-corrected chi connectivity index (χ0v) is 9.81. The van der Waals surface area contributed by atoms with Gasteiger partial charge in [-0.15, -0.1) is 0 Å². The zero-order chi connectivity index (χ0) is 12.3. The minimum Gasteiger partial charge on any atom is -0.496 e. The summed E-state index contributed by atoms with van der Waals surface area (Å²) in [6, 6.07) is 3.34. The molecule has 0 spiro atoms. The Morgan fingerprint density at radius 3 is 2.44 bits per heavy atom. The maximum atomic E-state index is 13.8. The third-order valence-corrected chi connectivity index (χ3v) is 2.49. The van der Waals surface area contributed by atoms with Gasteiger partial charge < -0.3 is 10.5 Å². The van der Waals surface area contributed by atoms with E-state index in [0.717, 1.165) is 5.56 Å². The normalized spacial score (nSPS) is 11.6. The van der Waals surface area contributed by atoms with Crippen LogP contribution in [0.4, 0.5) is 8.78 Å². The van der Waals surface area contributed by atoms with Crippen molar-refractivity contribution in [2.45, 2.75) is 26.2 Å². The Bertz CT molecular complexity index is 378. The molecule has 0 heterocycles. The highest BCUT2D eigenvalue weighted by Gasteiger charge is 2.35. The second-order valence-electron chi connectivity index (χ2n) is 3.90. The van der Waals surface area contributed by atoms with Gasteiger partial charge in [-0.3, -0.25) is 0 Å². The predicted molar refractivity (Wildman–Crippen MR) is 60.0 cm³/mol. The van der Waals surface area contributed by atoms with Crippen LogP contribution in [0.1, 0.15) is 23.1 Å². The SMILES string of the molecule is COc1cc(C)cc(C)c1C(F)(F)CCN. The van der Waals surface area contributed by atoms with Crippen LogP contribution in [-0.4, -0.2) is 13.7 Å². The second-order valence-corrected chi connectivity index (χ2v) is 3.90. The molecule has 1 rings (SSSR count). The first kappa shape index (κ1) is 12.9. The van der Waals surface area contributed by atoms with Crippen LogP contribution >= 0.6 is 0 Å². The molecule has 2 N–H and O–H groups in total. The van der Waals surface area contributed by atoms with Crippen LogP contribution in [0.25, 0.3) is 0 Å². The van der Waals surface area contributed by atoms with E-state index in [2.05, 4.69) is 0 Å². The van der Waals surface area contributed by atoms with Crippen molar-refractivity contribution in [2.24, 2.45) is 5.73 Å². The Balaban J connectivity index is 3.31. The van der Waals surface area contributed by atoms with Crippen LogP contribution in [0.5, 0.6) is 5.75 Å². The van der Waals surface area contributed by atoms with Gasteiger partial charge in [0.15, 0.2) is 0 Å². The molecule has 0 unspecified atom stereocenters. The molecule has 0 atom stereocenters. The van der Waals surface area contributed by atoms with E-state index in [1.165, 1.54) is 7.11 Å². The molecule has 0 aromatic heterocycles. The number of nitrogens with two attached hydrogens (primary N) is 1. The Hall–Kier alpha value is -1.16. The van der Waals surface area contributed by atoms with Gasteiger partial charge in [-0.1, -0.05) is 6.07 Å². The van der Waals surface area contributed by atoms with Crippen molar-refractivity contribution in [3.63, 3.8) is 0 Å². The number of benzene rings is 1. The lowest BCUT2D eigenvalue weighted by molar-refractivity contribution is -0.0134. The summed E-state index contributed by atoms with van der Waals surface area (Å²) >= 11 is 0. The number of hydrogen-bond acceptors (Lipinski definition) is 2. The maximum Gasteiger partial charge on any atom is 0.278 e. The van der Waals surface area contributed by atoms with E-state index in [1.807, 2.05) is 6.92 Å². The van der Waals surface area contributed by atoms with Gasteiger partial charge in [0.25, 0.3) is 5.92 Å². The van der Waals surface area contributed by atoms with E-state index in [9.17, 15) is 8.78 Å². The van der Waals surface area contributed by atoms with Gasteiger partial charge in [0.05, 0.1) is 12.7 Å². The number of halogens is 2. The molecule has 0 aliphatic heterocycles. The predicted octanol–water partition coefficient (Wildman–Crippen LogP) is 2.75. The van der Waals surface area contributed by atoms with Crippen molar-refractivity contribution in [1.29, 1.82) is 0 Å². The molecule has 2 nitrogen and oxygen atoms in total. The molecule has 0 radical (unpaired) electrons. The summed E-state index contributed by atoms with van der Waals surface area (Å²) in [5.41, 5.74) is 6.59. The minimum absolute atomic E-state index is 0.0500. The number of aryl methyl sites for hydroxylation is 2. The average molecular weight is 229 g/mol. The summed E-state index contributed by atoms with van der Waals surface area (Å²) in [6.07, 6.45) is -0.368. The summed E-state index contributed by atoms with van der Waals surface area (Å²) in [4.78, 5) is 0. The fourth-order valence-electron chi connectivity index (χ4n) is 1.86. The topological polar surface area (TPSA) is 35.2 Å². The number of hydrogen-bond donors (Lipinski definition) is 1. The van der Waals surface area contributed by atoms with Crippen molar-refractivity contribution in [3.8, 4) is 5.75 Å². The van der Waals surface area contributed by atoms with Gasteiger partial charge in [-0.05, 0) is 37.6 Å². The summed E-state index contributed by atoms with van der Waals surface area (Å²) in [5, 5.41) is 0. The first-order valence-corrected chi connectivity index (χ1v) is 5.16. The maximum absolute atomic E-state index is 13.8. The quantitative estimate of drug-likeness (QED) is 0.861. The number of methoxy groups -OCH3 is 1. The standard InChI is InChI=1S/C12H17F2NO/c1-8-6-9(2)11(10(7-8)16-3)12(13,14)4-5-15/h6-7H,4-5,15H2,1-3H3. The molecule has 0 amide bonds. The molecular formula is C12H17F2NO. The van der Waals surface area contributed by atoms with Crippen molar-refractivity contribution < 1.29 is 13.5 Å². The molecule has 0 aliphatic rings. The second kappa shape index (κ2) is 4.78. The average Bonchev–Trinajstić information content (AvgIpc) is 2.15. The van der Waals surface area contributed by atoms with Crippen LogP contribution < -0.4 is 10.5 Å². The fraction of sp³-hybridized carbons (Fsp3) is 0.500. The highest BCUT2D eigenvalue weighted by atomic mass is 19.3. The molecular weight excluding hydrogens is 212 g/mol. The summed E-state index contributed by atoms with van der Waals surface area (Å²) in [7, 11) is 1.40. The number of ether oxygens (including phenoxy) is 1. The first-order chi connectivity index (χ1) is 7.42. The van der Waals surface area contributed by atoms with Crippen LogP contribution in [0.3, 0.4) is 0 Å². The van der Waals surface area contributed by atoms with E-state index < -0.39 is 5.92 Å². The Labute approximate surface area is 94.4 Å². The summed E-state index contributed by atoms with van der Waals surface area (Å²) in [5.74, 6) is -2.70. The van der Waals surface area contributed by atoms with Crippen molar-refractivity contribution >= 4 is 0 Å². The zero-order valence-electron chi connectivity index (χ0n) is 9.81. The van der Waals surface area contributed by atoms with Gasteiger partial charge in [-0.2, -0.15) is 0 Å². The molecule has 0 saturated heterocycles. The molecule has 0 saturated carbocycles. The van der Waals surface area contributed by atoms with Crippen LogP contribution in [0, 0.1) is 13.8 Å². The smallest absolute Gasteiger partial charge is 0.278 e. The van der Waals surface area contributed by atoms with E-state index >= 15 is 0 Å². The molecule has 90 valence electrons. The Morgan fingerprint density at radius 1 is 1.31 bits per heavy atom. The highest BCUT2D eigenvalue weighted by Crippen LogP contribution is 2.40. The van der Waals surface area contributed by atoms with E-state index in [1.54, 1.807) is 19.1 Å². The van der Waals surface area contributed by atoms with Gasteiger partial charge in [0.1, 0.15) is 5.75 Å². The van der Waals surface area contributed by atoms with E-state index in [-0.39, 0.29) is 24.3 Å². The molecule has 1 aromatic rings. The molecule has 0 bridgehead atoms. The third-order valence-electron chi connectivity index (χ3n) is 2.49. The monoisotopic (exact) mass is 229 g/mol. The fourth-order valence-corrected chi connectivity index (χ4v) is 1.86. The number of alkyl halides is 2. The molecule has 0 aliphatic carbocycles. The van der Waals surface area contributed by atoms with E-state index in [4.69, 9.17) is 10.5 Å². The van der Waals surface area contributed by atoms with Crippen LogP contribution in [0.15, 0.2) is 12.1 Å². The molecule has 1 aromatic carbocycles. The van der Waals surface area contributed by atoms with E-state index in [0.29, 0.717) is 5.56 Å². The minimum atomic E-state index is -2.93. The third kappa shape index (κ3) is 2.50. The van der Waals surface area contributed by atoms with Gasteiger partial charge in [0.2, 0.25) is 0 Å². The Kier molecular flexibility index (Phi) is 3.86. The highest BCUT2D eigenvalue weighted by molar-refractivity contribution is 5.45. The molecule has 16 heavy (non-hydrogen) atoms. The summed E-state index contributed by atoms with van der Waals surface area (Å²) < 4.78 is 32.7. The lowest BCUT2D eigenvalue weighted by atomic mass is 9.97. The van der Waals surface area contributed by atoms with Crippen molar-refractivity contribution in [3.05, 3.63) is 28.8 Å². The molecule has 0 fully saturated rings. The lowest BCUT2D eigenvalue weighted by Crippen LogP contribution is -2.21. The van der Waals surface area contributed by atoms with Gasteiger partial charge >= 0.3 is 0 Å². The van der Waals surface area contributed by atoms with Gasteiger partial charge in [-0.25, -0.2) is 8.78 Å². The van der Waals surface area contributed by atoms with Gasteiger partial charge in [0, 0.05) is 6.42 Å².